The first kappa shape index (κ1) is 13.1. The lowest BCUT2D eigenvalue weighted by molar-refractivity contribution is 0.488. The first-order valence-electron chi connectivity index (χ1n) is 6.62. The lowest BCUT2D eigenvalue weighted by atomic mass is 10.1. The van der Waals surface area contributed by atoms with E-state index in [0.717, 1.165) is 27.8 Å². The summed E-state index contributed by atoms with van der Waals surface area (Å²) in [6.45, 7) is 1.91. The van der Waals surface area contributed by atoms with Crippen LogP contribution in [0.2, 0.25) is 0 Å². The molecule has 0 saturated carbocycles. The fraction of sp³-hybridized carbons (Fsp3) is 0.0588. The van der Waals surface area contributed by atoms with Crippen molar-refractivity contribution in [1.82, 2.24) is 4.98 Å². The average molecular weight is 277 g/mol. The van der Waals surface area contributed by atoms with E-state index in [-0.39, 0.29) is 5.84 Å². The number of amidine groups is 1. The van der Waals surface area contributed by atoms with E-state index in [9.17, 15) is 0 Å². The molecule has 0 fully saturated rings. The molecule has 104 valence electrons. The largest absolute Gasteiger partial charge is 0.457 e. The van der Waals surface area contributed by atoms with Gasteiger partial charge in [0.15, 0.2) is 0 Å². The van der Waals surface area contributed by atoms with Crippen molar-refractivity contribution in [3.05, 3.63) is 65.9 Å². The number of rotatable bonds is 3. The summed E-state index contributed by atoms with van der Waals surface area (Å²) in [5.41, 5.74) is 8.06. The molecule has 21 heavy (non-hydrogen) atoms. The summed E-state index contributed by atoms with van der Waals surface area (Å²) < 4.78 is 5.96. The summed E-state index contributed by atoms with van der Waals surface area (Å²) in [7, 11) is 0. The minimum atomic E-state index is 0.0633. The normalized spacial score (nSPS) is 10.5. The van der Waals surface area contributed by atoms with Gasteiger partial charge in [-0.3, -0.25) is 10.4 Å². The molecule has 1 aromatic heterocycles. The lowest BCUT2D eigenvalue weighted by Gasteiger charge is -2.11. The number of nitrogen functional groups attached to an aromatic ring is 1. The van der Waals surface area contributed by atoms with E-state index < -0.39 is 0 Å². The zero-order valence-electron chi connectivity index (χ0n) is 11.6. The third-order valence-corrected chi connectivity index (χ3v) is 3.32. The van der Waals surface area contributed by atoms with Crippen LogP contribution in [-0.4, -0.2) is 10.8 Å². The molecule has 2 aromatic carbocycles. The van der Waals surface area contributed by atoms with Crippen molar-refractivity contribution in [3.8, 4) is 11.5 Å². The standard InChI is InChI=1S/C17H15N3O/c1-11-10-12(7-8-13(11)17(18)19)21-16-6-2-5-15-14(16)4-3-9-20-15/h2-10H,1H3,(H3,18,19). The van der Waals surface area contributed by atoms with E-state index in [1.165, 1.54) is 0 Å². The van der Waals surface area contributed by atoms with Crippen LogP contribution in [0.1, 0.15) is 11.1 Å². The first-order chi connectivity index (χ1) is 10.1. The monoisotopic (exact) mass is 277 g/mol. The van der Waals surface area contributed by atoms with E-state index >= 15 is 0 Å². The van der Waals surface area contributed by atoms with E-state index in [0.29, 0.717) is 5.75 Å². The highest BCUT2D eigenvalue weighted by Crippen LogP contribution is 2.29. The molecule has 3 rings (SSSR count). The fourth-order valence-corrected chi connectivity index (χ4v) is 2.29. The van der Waals surface area contributed by atoms with Gasteiger partial charge in [0.1, 0.15) is 17.3 Å². The van der Waals surface area contributed by atoms with Crippen LogP contribution in [-0.2, 0) is 0 Å². The second kappa shape index (κ2) is 5.25. The van der Waals surface area contributed by atoms with Crippen molar-refractivity contribution in [2.75, 3.05) is 0 Å². The number of nitrogens with zero attached hydrogens (tertiary/aromatic N) is 1. The van der Waals surface area contributed by atoms with Gasteiger partial charge in [-0.05, 0) is 55.0 Å². The Balaban J connectivity index is 1.99. The Morgan fingerprint density at radius 3 is 2.76 bits per heavy atom. The number of benzene rings is 2. The molecule has 0 bridgehead atoms. The predicted molar refractivity (Wildman–Crippen MR) is 84.0 cm³/mol. The molecule has 0 aliphatic heterocycles. The van der Waals surface area contributed by atoms with Crippen LogP contribution in [0.5, 0.6) is 11.5 Å². The Kier molecular flexibility index (Phi) is 3.28. The molecule has 4 heteroatoms. The molecule has 0 amide bonds. The molecule has 0 aliphatic rings. The highest BCUT2D eigenvalue weighted by molar-refractivity contribution is 5.96. The molecular formula is C17H15N3O. The smallest absolute Gasteiger partial charge is 0.136 e. The summed E-state index contributed by atoms with van der Waals surface area (Å²) >= 11 is 0. The van der Waals surface area contributed by atoms with Gasteiger partial charge < -0.3 is 10.5 Å². The fourth-order valence-electron chi connectivity index (χ4n) is 2.29. The molecule has 4 nitrogen and oxygen atoms in total. The summed E-state index contributed by atoms with van der Waals surface area (Å²) in [6, 6.07) is 15.2. The van der Waals surface area contributed by atoms with Crippen LogP contribution in [0.3, 0.4) is 0 Å². The van der Waals surface area contributed by atoms with E-state index in [4.69, 9.17) is 15.9 Å². The third-order valence-electron chi connectivity index (χ3n) is 3.32. The van der Waals surface area contributed by atoms with Gasteiger partial charge in [-0.2, -0.15) is 0 Å². The van der Waals surface area contributed by atoms with E-state index in [1.807, 2.05) is 49.4 Å². The van der Waals surface area contributed by atoms with Gasteiger partial charge in [-0.15, -0.1) is 0 Å². The van der Waals surface area contributed by atoms with Crippen LogP contribution < -0.4 is 10.5 Å². The summed E-state index contributed by atoms with van der Waals surface area (Å²) in [6.07, 6.45) is 1.76. The van der Waals surface area contributed by atoms with Crippen molar-refractivity contribution in [2.24, 2.45) is 5.73 Å². The molecular weight excluding hydrogens is 262 g/mol. The Morgan fingerprint density at radius 1 is 1.14 bits per heavy atom. The van der Waals surface area contributed by atoms with Crippen LogP contribution >= 0.6 is 0 Å². The molecule has 0 radical (unpaired) electrons. The predicted octanol–water partition coefficient (Wildman–Crippen LogP) is 3.62. The zero-order chi connectivity index (χ0) is 14.8. The number of nitrogens with two attached hydrogens (primary N) is 1. The number of aromatic nitrogens is 1. The van der Waals surface area contributed by atoms with Gasteiger partial charge in [0.25, 0.3) is 0 Å². The third kappa shape index (κ3) is 2.56. The Bertz CT molecular complexity index is 822. The van der Waals surface area contributed by atoms with Gasteiger partial charge in [0, 0.05) is 17.1 Å². The number of hydrogen-bond donors (Lipinski definition) is 2. The molecule has 1 heterocycles. The topological polar surface area (TPSA) is 72.0 Å². The van der Waals surface area contributed by atoms with Gasteiger partial charge in [-0.25, -0.2) is 0 Å². The first-order valence-corrected chi connectivity index (χ1v) is 6.62. The average Bonchev–Trinajstić information content (AvgIpc) is 2.47. The summed E-state index contributed by atoms with van der Waals surface area (Å²) in [5.74, 6) is 1.54. The number of nitrogens with one attached hydrogen (secondary N) is 1. The quantitative estimate of drug-likeness (QED) is 0.567. The van der Waals surface area contributed by atoms with Crippen LogP contribution in [0.4, 0.5) is 0 Å². The minimum Gasteiger partial charge on any atom is -0.457 e. The van der Waals surface area contributed by atoms with Crippen molar-refractivity contribution in [1.29, 1.82) is 5.41 Å². The van der Waals surface area contributed by atoms with Crippen molar-refractivity contribution >= 4 is 16.7 Å². The SMILES string of the molecule is Cc1cc(Oc2cccc3ncccc23)ccc1C(=N)N. The highest BCUT2D eigenvalue weighted by atomic mass is 16.5. The van der Waals surface area contributed by atoms with Gasteiger partial charge in [0.2, 0.25) is 0 Å². The molecule has 0 spiro atoms. The molecule has 0 unspecified atom stereocenters. The molecule has 3 aromatic rings. The Hall–Kier alpha value is -2.88. The molecule has 0 atom stereocenters. The van der Waals surface area contributed by atoms with Crippen molar-refractivity contribution < 1.29 is 4.74 Å². The highest BCUT2D eigenvalue weighted by Gasteiger charge is 2.06. The lowest BCUT2D eigenvalue weighted by Crippen LogP contribution is -2.12. The van der Waals surface area contributed by atoms with Crippen LogP contribution in [0.25, 0.3) is 10.9 Å². The van der Waals surface area contributed by atoms with E-state index in [2.05, 4.69) is 4.98 Å². The molecule has 3 N–H and O–H groups in total. The van der Waals surface area contributed by atoms with Gasteiger partial charge in [0.05, 0.1) is 5.52 Å². The number of fused-ring (bicyclic) bond motifs is 1. The Morgan fingerprint density at radius 2 is 2.00 bits per heavy atom. The number of aryl methyl sites for hydroxylation is 1. The number of hydrogen-bond acceptors (Lipinski definition) is 3. The van der Waals surface area contributed by atoms with Crippen LogP contribution in [0.15, 0.2) is 54.7 Å². The van der Waals surface area contributed by atoms with Gasteiger partial charge >= 0.3 is 0 Å². The maximum Gasteiger partial charge on any atom is 0.136 e. The summed E-state index contributed by atoms with van der Waals surface area (Å²) in [5, 5.41) is 8.47. The number of ether oxygens (including phenoxy) is 1. The number of pyridine rings is 1. The van der Waals surface area contributed by atoms with Gasteiger partial charge in [-0.1, -0.05) is 6.07 Å². The van der Waals surface area contributed by atoms with Crippen molar-refractivity contribution in [2.45, 2.75) is 6.92 Å². The van der Waals surface area contributed by atoms with Crippen LogP contribution in [0, 0.1) is 12.3 Å². The molecule has 0 saturated heterocycles. The van der Waals surface area contributed by atoms with E-state index in [1.54, 1.807) is 12.3 Å². The molecule has 0 aliphatic carbocycles. The maximum atomic E-state index is 7.50. The second-order valence-electron chi connectivity index (χ2n) is 4.82. The van der Waals surface area contributed by atoms with Crippen molar-refractivity contribution in [3.63, 3.8) is 0 Å². The summed E-state index contributed by atoms with van der Waals surface area (Å²) in [4.78, 5) is 4.31. The second-order valence-corrected chi connectivity index (χ2v) is 4.82. The minimum absolute atomic E-state index is 0.0633. The zero-order valence-corrected chi connectivity index (χ0v) is 11.6. The Labute approximate surface area is 122 Å². The maximum absolute atomic E-state index is 7.50.